The molecule has 0 amide bonds. The van der Waals surface area contributed by atoms with Crippen molar-refractivity contribution < 1.29 is 0 Å². The third-order valence-electron chi connectivity index (χ3n) is 4.32. The molecule has 0 aromatic heterocycles. The maximum atomic E-state index is 3.54. The lowest BCUT2D eigenvalue weighted by atomic mass is 10.1. The SMILES string of the molecule is CCCCCCCC(C#Cc1ccccc1)N1CCCC1. The van der Waals surface area contributed by atoms with Gasteiger partial charge in [0, 0.05) is 5.56 Å². The Bertz CT molecular complexity index is 434. The molecule has 1 nitrogen and oxygen atoms in total. The molecule has 114 valence electrons. The van der Waals surface area contributed by atoms with Crippen molar-refractivity contribution in [3.05, 3.63) is 35.9 Å². The summed E-state index contributed by atoms with van der Waals surface area (Å²) in [6, 6.07) is 10.9. The first-order valence-corrected chi connectivity index (χ1v) is 8.71. The van der Waals surface area contributed by atoms with E-state index in [9.17, 15) is 0 Å². The summed E-state index contributed by atoms with van der Waals surface area (Å²) in [6.07, 6.45) is 10.7. The molecule has 1 atom stereocenters. The minimum Gasteiger partial charge on any atom is -0.290 e. The molecule has 0 saturated carbocycles. The van der Waals surface area contributed by atoms with Gasteiger partial charge in [0.25, 0.3) is 0 Å². The standard InChI is InChI=1S/C20H29N/c1-2-3-4-5-9-14-20(21-17-10-11-18-21)16-15-19-12-7-6-8-13-19/h6-8,12-13,20H,2-5,9-11,14,17-18H2,1H3. The van der Waals surface area contributed by atoms with E-state index >= 15 is 0 Å². The molecule has 0 spiro atoms. The second kappa shape index (κ2) is 9.64. The summed E-state index contributed by atoms with van der Waals surface area (Å²) in [4.78, 5) is 2.59. The predicted octanol–water partition coefficient (Wildman–Crippen LogP) is 4.86. The Labute approximate surface area is 130 Å². The van der Waals surface area contributed by atoms with Crippen molar-refractivity contribution in [2.45, 2.75) is 64.3 Å². The zero-order valence-electron chi connectivity index (χ0n) is 13.5. The second-order valence-corrected chi connectivity index (χ2v) is 6.10. The smallest absolute Gasteiger partial charge is 0.0718 e. The van der Waals surface area contributed by atoms with Crippen LogP contribution in [0.15, 0.2) is 30.3 Å². The summed E-state index contributed by atoms with van der Waals surface area (Å²) in [7, 11) is 0. The van der Waals surface area contributed by atoms with Crippen molar-refractivity contribution in [3.63, 3.8) is 0 Å². The van der Waals surface area contributed by atoms with Crippen LogP contribution in [0.5, 0.6) is 0 Å². The Hall–Kier alpha value is -1.26. The lowest BCUT2D eigenvalue weighted by Crippen LogP contribution is -2.31. The number of likely N-dealkylation sites (tertiary alicyclic amines) is 1. The van der Waals surface area contributed by atoms with Crippen LogP contribution < -0.4 is 0 Å². The largest absolute Gasteiger partial charge is 0.290 e. The molecule has 1 heterocycles. The summed E-state index contributed by atoms with van der Waals surface area (Å²) < 4.78 is 0. The number of nitrogens with zero attached hydrogens (tertiary/aromatic N) is 1. The number of rotatable bonds is 7. The fourth-order valence-corrected chi connectivity index (χ4v) is 3.03. The van der Waals surface area contributed by atoms with Gasteiger partial charge in [-0.3, -0.25) is 4.90 Å². The molecular formula is C20H29N. The fourth-order valence-electron chi connectivity index (χ4n) is 3.03. The van der Waals surface area contributed by atoms with E-state index in [0.717, 1.165) is 5.56 Å². The molecule has 1 aromatic carbocycles. The summed E-state index contributed by atoms with van der Waals surface area (Å²) in [5.41, 5.74) is 1.15. The van der Waals surface area contributed by atoms with Gasteiger partial charge < -0.3 is 0 Å². The van der Waals surface area contributed by atoms with Gasteiger partial charge in [0.2, 0.25) is 0 Å². The average Bonchev–Trinajstić information content (AvgIpc) is 3.05. The highest BCUT2D eigenvalue weighted by molar-refractivity contribution is 5.34. The Balaban J connectivity index is 1.88. The molecular weight excluding hydrogens is 254 g/mol. The molecule has 1 aromatic rings. The van der Waals surface area contributed by atoms with Crippen LogP contribution in [-0.4, -0.2) is 24.0 Å². The molecule has 1 aliphatic heterocycles. The van der Waals surface area contributed by atoms with E-state index in [2.05, 4.69) is 54.0 Å². The van der Waals surface area contributed by atoms with Crippen molar-refractivity contribution in [2.75, 3.05) is 13.1 Å². The summed E-state index contributed by atoms with van der Waals surface area (Å²) in [5.74, 6) is 6.93. The monoisotopic (exact) mass is 283 g/mol. The Morgan fingerprint density at radius 3 is 2.43 bits per heavy atom. The molecule has 1 saturated heterocycles. The maximum absolute atomic E-state index is 3.54. The van der Waals surface area contributed by atoms with Crippen LogP contribution in [-0.2, 0) is 0 Å². The molecule has 0 radical (unpaired) electrons. The first-order chi connectivity index (χ1) is 10.4. The van der Waals surface area contributed by atoms with E-state index in [1.54, 1.807) is 0 Å². The van der Waals surface area contributed by atoms with Gasteiger partial charge >= 0.3 is 0 Å². The van der Waals surface area contributed by atoms with Gasteiger partial charge in [0.15, 0.2) is 0 Å². The number of hydrogen-bond acceptors (Lipinski definition) is 1. The first-order valence-electron chi connectivity index (χ1n) is 8.71. The molecule has 1 heteroatoms. The van der Waals surface area contributed by atoms with Crippen LogP contribution in [0.25, 0.3) is 0 Å². The highest BCUT2D eigenvalue weighted by Crippen LogP contribution is 2.17. The molecule has 21 heavy (non-hydrogen) atoms. The highest BCUT2D eigenvalue weighted by Gasteiger charge is 2.19. The van der Waals surface area contributed by atoms with Crippen molar-refractivity contribution in [2.24, 2.45) is 0 Å². The molecule has 0 N–H and O–H groups in total. The van der Waals surface area contributed by atoms with Gasteiger partial charge in [-0.05, 0) is 44.5 Å². The zero-order valence-corrected chi connectivity index (χ0v) is 13.5. The summed E-state index contributed by atoms with van der Waals surface area (Å²) in [5, 5.41) is 0. The molecule has 0 aliphatic carbocycles. The van der Waals surface area contributed by atoms with Gasteiger partial charge in [-0.2, -0.15) is 0 Å². The quantitative estimate of drug-likeness (QED) is 0.510. The van der Waals surface area contributed by atoms with E-state index in [4.69, 9.17) is 0 Å². The Kier molecular flexibility index (Phi) is 7.39. The van der Waals surface area contributed by atoms with E-state index in [0.29, 0.717) is 6.04 Å². The van der Waals surface area contributed by atoms with Crippen LogP contribution in [0.1, 0.15) is 63.9 Å². The van der Waals surface area contributed by atoms with Crippen LogP contribution in [0.4, 0.5) is 0 Å². The van der Waals surface area contributed by atoms with E-state index < -0.39 is 0 Å². The highest BCUT2D eigenvalue weighted by atomic mass is 15.2. The fraction of sp³-hybridized carbons (Fsp3) is 0.600. The van der Waals surface area contributed by atoms with Crippen LogP contribution >= 0.6 is 0 Å². The second-order valence-electron chi connectivity index (χ2n) is 6.10. The van der Waals surface area contributed by atoms with Crippen molar-refractivity contribution in [1.82, 2.24) is 4.90 Å². The third-order valence-corrected chi connectivity index (χ3v) is 4.32. The molecule has 0 bridgehead atoms. The molecule has 2 rings (SSSR count). The number of benzene rings is 1. The third kappa shape index (κ3) is 5.94. The summed E-state index contributed by atoms with van der Waals surface area (Å²) >= 11 is 0. The number of hydrogen-bond donors (Lipinski definition) is 0. The minimum absolute atomic E-state index is 0.467. The van der Waals surface area contributed by atoms with Gasteiger partial charge in [0.1, 0.15) is 0 Å². The zero-order chi connectivity index (χ0) is 14.8. The lowest BCUT2D eigenvalue weighted by Gasteiger charge is -2.22. The molecule has 1 unspecified atom stereocenters. The van der Waals surface area contributed by atoms with Crippen molar-refractivity contribution in [1.29, 1.82) is 0 Å². The first kappa shape index (κ1) is 16.1. The number of unbranched alkanes of at least 4 members (excludes halogenated alkanes) is 4. The normalized spacial score (nSPS) is 16.4. The Morgan fingerprint density at radius 1 is 1.00 bits per heavy atom. The minimum atomic E-state index is 0.467. The average molecular weight is 283 g/mol. The molecule has 1 fully saturated rings. The summed E-state index contributed by atoms with van der Waals surface area (Å²) in [6.45, 7) is 4.75. The van der Waals surface area contributed by atoms with Gasteiger partial charge in [-0.25, -0.2) is 0 Å². The van der Waals surface area contributed by atoms with E-state index in [1.807, 2.05) is 0 Å². The predicted molar refractivity (Wildman–Crippen MR) is 91.3 cm³/mol. The van der Waals surface area contributed by atoms with Crippen LogP contribution in [0.2, 0.25) is 0 Å². The van der Waals surface area contributed by atoms with E-state index in [1.165, 1.54) is 64.5 Å². The maximum Gasteiger partial charge on any atom is 0.0718 e. The van der Waals surface area contributed by atoms with Gasteiger partial charge in [-0.1, -0.05) is 69.1 Å². The topological polar surface area (TPSA) is 3.24 Å². The van der Waals surface area contributed by atoms with Crippen molar-refractivity contribution >= 4 is 0 Å². The van der Waals surface area contributed by atoms with Crippen LogP contribution in [0.3, 0.4) is 0 Å². The van der Waals surface area contributed by atoms with Crippen molar-refractivity contribution in [3.8, 4) is 11.8 Å². The van der Waals surface area contributed by atoms with Gasteiger partial charge in [-0.15, -0.1) is 0 Å². The lowest BCUT2D eigenvalue weighted by molar-refractivity contribution is 0.274. The van der Waals surface area contributed by atoms with Gasteiger partial charge in [0.05, 0.1) is 6.04 Å². The molecule has 1 aliphatic rings. The van der Waals surface area contributed by atoms with Crippen LogP contribution in [0, 0.1) is 11.8 Å². The Morgan fingerprint density at radius 2 is 1.71 bits per heavy atom. The van der Waals surface area contributed by atoms with E-state index in [-0.39, 0.29) is 0 Å².